The van der Waals surface area contributed by atoms with Crippen LogP contribution in [0.5, 0.6) is 5.75 Å². The SMILES string of the molecule is COc1ccc(C(=O)Nc2ccc(SC3CCCC3)cc2)cc1S(=O)(=O)N1CCCC1. The molecule has 1 amide bonds. The number of thioether (sulfide) groups is 1. The van der Waals surface area contributed by atoms with Crippen molar-refractivity contribution in [1.82, 2.24) is 4.31 Å². The molecule has 4 rings (SSSR count). The molecular weight excluding hydrogens is 432 g/mol. The molecule has 2 aromatic rings. The number of carbonyl (C=O) groups is 1. The zero-order valence-corrected chi connectivity index (χ0v) is 19.3. The molecule has 2 aliphatic rings. The van der Waals surface area contributed by atoms with Crippen molar-refractivity contribution in [2.24, 2.45) is 0 Å². The number of carbonyl (C=O) groups excluding carboxylic acids is 1. The lowest BCUT2D eigenvalue weighted by molar-refractivity contribution is 0.102. The second-order valence-corrected chi connectivity index (χ2v) is 11.3. The fourth-order valence-corrected chi connectivity index (χ4v) is 7.05. The molecule has 1 saturated heterocycles. The van der Waals surface area contributed by atoms with Gasteiger partial charge in [0.25, 0.3) is 5.91 Å². The highest BCUT2D eigenvalue weighted by atomic mass is 32.2. The number of rotatable bonds is 7. The fraction of sp³-hybridized carbons (Fsp3) is 0.435. The van der Waals surface area contributed by atoms with Gasteiger partial charge in [0.1, 0.15) is 10.6 Å². The fourth-order valence-electron chi connectivity index (χ4n) is 4.11. The van der Waals surface area contributed by atoms with E-state index in [9.17, 15) is 13.2 Å². The largest absolute Gasteiger partial charge is 0.495 e. The number of sulfonamides is 1. The molecule has 0 radical (unpaired) electrons. The van der Waals surface area contributed by atoms with Gasteiger partial charge in [-0.2, -0.15) is 4.31 Å². The van der Waals surface area contributed by atoms with Gasteiger partial charge in [-0.15, -0.1) is 11.8 Å². The van der Waals surface area contributed by atoms with Crippen LogP contribution >= 0.6 is 11.8 Å². The van der Waals surface area contributed by atoms with Crippen LogP contribution in [-0.4, -0.2) is 44.1 Å². The van der Waals surface area contributed by atoms with Crippen molar-refractivity contribution < 1.29 is 17.9 Å². The van der Waals surface area contributed by atoms with E-state index < -0.39 is 10.0 Å². The van der Waals surface area contributed by atoms with Crippen LogP contribution in [0.3, 0.4) is 0 Å². The minimum atomic E-state index is -3.70. The average molecular weight is 461 g/mol. The first-order valence-electron chi connectivity index (χ1n) is 10.7. The van der Waals surface area contributed by atoms with Gasteiger partial charge in [-0.3, -0.25) is 4.79 Å². The smallest absolute Gasteiger partial charge is 0.255 e. The molecule has 0 aromatic heterocycles. The number of nitrogens with one attached hydrogen (secondary N) is 1. The first kappa shape index (κ1) is 22.2. The molecule has 0 spiro atoms. The van der Waals surface area contributed by atoms with Crippen LogP contribution in [0.15, 0.2) is 52.3 Å². The van der Waals surface area contributed by atoms with Crippen LogP contribution in [0, 0.1) is 0 Å². The molecule has 1 N–H and O–H groups in total. The first-order chi connectivity index (χ1) is 15.0. The summed E-state index contributed by atoms with van der Waals surface area (Å²) in [7, 11) is -2.27. The predicted octanol–water partition coefficient (Wildman–Crippen LogP) is 4.77. The lowest BCUT2D eigenvalue weighted by Gasteiger charge is -2.18. The second-order valence-electron chi connectivity index (χ2n) is 7.98. The topological polar surface area (TPSA) is 75.7 Å². The quantitative estimate of drug-likeness (QED) is 0.644. The van der Waals surface area contributed by atoms with Crippen LogP contribution in [0.25, 0.3) is 0 Å². The number of anilines is 1. The summed E-state index contributed by atoms with van der Waals surface area (Å²) in [6, 6.07) is 12.4. The third-order valence-corrected chi connectivity index (χ3v) is 9.09. The number of nitrogens with zero attached hydrogens (tertiary/aromatic N) is 1. The van der Waals surface area contributed by atoms with Crippen LogP contribution in [0.2, 0.25) is 0 Å². The third kappa shape index (κ3) is 5.07. The molecule has 31 heavy (non-hydrogen) atoms. The molecule has 8 heteroatoms. The molecule has 166 valence electrons. The standard InChI is InChI=1S/C23H28N2O4S2/c1-29-21-13-8-17(16-22(21)31(27,28)25-14-4-5-15-25)23(26)24-18-9-11-20(12-10-18)30-19-6-2-3-7-19/h8-13,16,19H,2-7,14-15H2,1H3,(H,24,26). The summed E-state index contributed by atoms with van der Waals surface area (Å²) >= 11 is 1.90. The molecule has 1 aliphatic carbocycles. The Morgan fingerprint density at radius 1 is 1.03 bits per heavy atom. The van der Waals surface area contributed by atoms with Gasteiger partial charge in [0.15, 0.2) is 0 Å². The van der Waals surface area contributed by atoms with Crippen molar-refractivity contribution >= 4 is 33.4 Å². The van der Waals surface area contributed by atoms with Gasteiger partial charge < -0.3 is 10.1 Å². The minimum Gasteiger partial charge on any atom is -0.495 e. The van der Waals surface area contributed by atoms with Crippen molar-refractivity contribution in [3.8, 4) is 5.75 Å². The maximum Gasteiger partial charge on any atom is 0.255 e. The Morgan fingerprint density at radius 3 is 2.35 bits per heavy atom. The van der Waals surface area contributed by atoms with E-state index in [1.807, 2.05) is 36.0 Å². The normalized spacial score (nSPS) is 17.7. The van der Waals surface area contributed by atoms with Crippen LogP contribution in [-0.2, 0) is 10.0 Å². The maximum absolute atomic E-state index is 13.0. The molecule has 1 aliphatic heterocycles. The van der Waals surface area contributed by atoms with Gasteiger partial charge in [0.2, 0.25) is 10.0 Å². The van der Waals surface area contributed by atoms with E-state index in [1.54, 1.807) is 12.1 Å². The number of hydrogen-bond donors (Lipinski definition) is 1. The summed E-state index contributed by atoms with van der Waals surface area (Å²) in [4.78, 5) is 14.0. The summed E-state index contributed by atoms with van der Waals surface area (Å²) in [6.07, 6.45) is 6.84. The summed E-state index contributed by atoms with van der Waals surface area (Å²) in [5.74, 6) is -0.103. The number of methoxy groups -OCH3 is 1. The Bertz CT molecular complexity index is 1030. The zero-order chi connectivity index (χ0) is 21.8. The number of amides is 1. The Labute approximate surface area is 188 Å². The van der Waals surface area contributed by atoms with Gasteiger partial charge in [-0.25, -0.2) is 8.42 Å². The molecule has 6 nitrogen and oxygen atoms in total. The van der Waals surface area contributed by atoms with Gasteiger partial charge in [-0.05, 0) is 68.1 Å². The maximum atomic E-state index is 13.0. The molecule has 1 heterocycles. The molecule has 0 unspecified atom stereocenters. The Balaban J connectivity index is 1.49. The molecule has 2 fully saturated rings. The van der Waals surface area contributed by atoms with E-state index in [2.05, 4.69) is 5.32 Å². The molecule has 0 atom stereocenters. The number of hydrogen-bond acceptors (Lipinski definition) is 5. The summed E-state index contributed by atoms with van der Waals surface area (Å²) < 4.78 is 32.8. The number of ether oxygens (including phenoxy) is 1. The van der Waals surface area contributed by atoms with Gasteiger partial charge in [0, 0.05) is 34.5 Å². The molecular formula is C23H28N2O4S2. The van der Waals surface area contributed by atoms with Crippen molar-refractivity contribution in [3.63, 3.8) is 0 Å². The monoisotopic (exact) mass is 460 g/mol. The Kier molecular flexibility index (Phi) is 6.89. The average Bonchev–Trinajstić information content (AvgIpc) is 3.49. The van der Waals surface area contributed by atoms with Gasteiger partial charge in [0.05, 0.1) is 7.11 Å². The number of benzene rings is 2. The lowest BCUT2D eigenvalue weighted by atomic mass is 10.2. The van der Waals surface area contributed by atoms with Crippen molar-refractivity contribution in [2.45, 2.75) is 53.6 Å². The van der Waals surface area contributed by atoms with E-state index in [4.69, 9.17) is 4.74 Å². The van der Waals surface area contributed by atoms with E-state index in [-0.39, 0.29) is 22.1 Å². The van der Waals surface area contributed by atoms with E-state index >= 15 is 0 Å². The van der Waals surface area contributed by atoms with E-state index in [0.717, 1.165) is 12.8 Å². The highest BCUT2D eigenvalue weighted by Crippen LogP contribution is 2.35. The molecule has 2 aromatic carbocycles. The highest BCUT2D eigenvalue weighted by Gasteiger charge is 2.30. The minimum absolute atomic E-state index is 0.0351. The van der Waals surface area contributed by atoms with Crippen molar-refractivity contribution in [2.75, 3.05) is 25.5 Å². The van der Waals surface area contributed by atoms with E-state index in [1.165, 1.54) is 48.1 Å². The molecule has 0 bridgehead atoms. The van der Waals surface area contributed by atoms with Gasteiger partial charge in [-0.1, -0.05) is 12.8 Å². The second kappa shape index (κ2) is 9.63. The Morgan fingerprint density at radius 2 is 1.71 bits per heavy atom. The Hall–Kier alpha value is -2.03. The van der Waals surface area contributed by atoms with Crippen LogP contribution in [0.1, 0.15) is 48.9 Å². The zero-order valence-electron chi connectivity index (χ0n) is 17.7. The van der Waals surface area contributed by atoms with Crippen LogP contribution < -0.4 is 10.1 Å². The van der Waals surface area contributed by atoms with Crippen molar-refractivity contribution in [3.05, 3.63) is 48.0 Å². The molecule has 1 saturated carbocycles. The lowest BCUT2D eigenvalue weighted by Crippen LogP contribution is -2.28. The summed E-state index contributed by atoms with van der Waals surface area (Å²) in [5, 5.41) is 3.56. The van der Waals surface area contributed by atoms with Gasteiger partial charge >= 0.3 is 0 Å². The van der Waals surface area contributed by atoms with Crippen LogP contribution in [0.4, 0.5) is 5.69 Å². The highest BCUT2D eigenvalue weighted by molar-refractivity contribution is 8.00. The summed E-state index contributed by atoms with van der Waals surface area (Å²) in [5.41, 5.74) is 0.962. The first-order valence-corrected chi connectivity index (χ1v) is 13.1. The van der Waals surface area contributed by atoms with Crippen molar-refractivity contribution in [1.29, 1.82) is 0 Å². The van der Waals surface area contributed by atoms with E-state index in [0.29, 0.717) is 24.0 Å². The predicted molar refractivity (Wildman–Crippen MR) is 123 cm³/mol. The third-order valence-electron chi connectivity index (χ3n) is 5.83. The summed E-state index contributed by atoms with van der Waals surface area (Å²) in [6.45, 7) is 0.986.